The van der Waals surface area contributed by atoms with Crippen LogP contribution in [0.4, 0.5) is 0 Å². The topological polar surface area (TPSA) is 79.5 Å². The van der Waals surface area contributed by atoms with Crippen LogP contribution >= 0.6 is 0 Å². The fraction of sp³-hybridized carbons (Fsp3) is 0.333. The first-order chi connectivity index (χ1) is 11.1. The van der Waals surface area contributed by atoms with Gasteiger partial charge in [0, 0.05) is 11.8 Å². The lowest BCUT2D eigenvalue weighted by Gasteiger charge is -2.19. The average molecular weight is 313 g/mol. The molecular weight excluding hydrogens is 294 g/mol. The van der Waals surface area contributed by atoms with E-state index < -0.39 is 12.0 Å². The largest absolute Gasteiger partial charge is 0.481 e. The number of hydrogen-bond donors (Lipinski definition) is 2. The number of carboxylic acid groups (broad SMARTS) is 1. The Kier molecular flexibility index (Phi) is 4.19. The van der Waals surface area contributed by atoms with Gasteiger partial charge in [-0.25, -0.2) is 0 Å². The highest BCUT2D eigenvalue weighted by Gasteiger charge is 2.46. The molecule has 3 rings (SSSR count). The van der Waals surface area contributed by atoms with Gasteiger partial charge < -0.3 is 14.8 Å². The number of hydrogen-bond acceptors (Lipinski definition) is 3. The van der Waals surface area contributed by atoms with Gasteiger partial charge in [-0.05, 0) is 36.6 Å². The molecule has 1 amide bonds. The van der Waals surface area contributed by atoms with Crippen LogP contribution < -0.4 is 5.32 Å². The zero-order valence-corrected chi connectivity index (χ0v) is 12.9. The van der Waals surface area contributed by atoms with Crippen LogP contribution in [0.2, 0.25) is 0 Å². The van der Waals surface area contributed by atoms with Gasteiger partial charge in [-0.2, -0.15) is 0 Å². The van der Waals surface area contributed by atoms with E-state index in [0.717, 1.165) is 23.3 Å². The number of carbonyl (C=O) groups excluding carboxylic acids is 1. The second-order valence-corrected chi connectivity index (χ2v) is 5.98. The highest BCUT2D eigenvalue weighted by Crippen LogP contribution is 2.48. The molecule has 1 saturated carbocycles. The number of aryl methyl sites for hydroxylation is 1. The first-order valence-corrected chi connectivity index (χ1v) is 7.67. The highest BCUT2D eigenvalue weighted by molar-refractivity contribution is 5.83. The number of aliphatic carboxylic acids is 1. The number of carbonyl (C=O) groups is 2. The van der Waals surface area contributed by atoms with Crippen molar-refractivity contribution < 1.29 is 19.1 Å². The quantitative estimate of drug-likeness (QED) is 0.859. The Morgan fingerprint density at radius 2 is 2.09 bits per heavy atom. The summed E-state index contributed by atoms with van der Waals surface area (Å²) in [4.78, 5) is 23.6. The van der Waals surface area contributed by atoms with Crippen molar-refractivity contribution >= 4 is 11.9 Å². The van der Waals surface area contributed by atoms with Gasteiger partial charge in [0.15, 0.2) is 0 Å². The Morgan fingerprint density at radius 1 is 1.30 bits per heavy atom. The Labute approximate surface area is 134 Å². The molecule has 1 heterocycles. The van der Waals surface area contributed by atoms with Crippen molar-refractivity contribution in [2.75, 3.05) is 0 Å². The van der Waals surface area contributed by atoms with Crippen molar-refractivity contribution in [3.63, 3.8) is 0 Å². The molecule has 120 valence electrons. The second-order valence-electron chi connectivity index (χ2n) is 5.98. The molecule has 0 bridgehead atoms. The molecule has 0 unspecified atom stereocenters. The zero-order chi connectivity index (χ0) is 16.4. The maximum atomic E-state index is 12.4. The first kappa shape index (κ1) is 15.3. The molecule has 23 heavy (non-hydrogen) atoms. The van der Waals surface area contributed by atoms with E-state index in [9.17, 15) is 9.59 Å². The summed E-state index contributed by atoms with van der Waals surface area (Å²) in [5.41, 5.74) is 1.82. The maximum absolute atomic E-state index is 12.4. The summed E-state index contributed by atoms with van der Waals surface area (Å²) in [6.45, 7) is 1.92. The number of benzene rings is 1. The monoisotopic (exact) mass is 313 g/mol. The normalized spacial score (nSPS) is 20.7. The third kappa shape index (κ3) is 3.44. The smallest absolute Gasteiger partial charge is 0.305 e. The molecule has 1 fully saturated rings. The summed E-state index contributed by atoms with van der Waals surface area (Å²) in [5.74, 6) is -0.262. The molecule has 5 nitrogen and oxygen atoms in total. The fourth-order valence-corrected chi connectivity index (χ4v) is 2.97. The summed E-state index contributed by atoms with van der Waals surface area (Å²) in [6.07, 6.45) is 2.21. The van der Waals surface area contributed by atoms with Gasteiger partial charge in [-0.15, -0.1) is 0 Å². The van der Waals surface area contributed by atoms with Crippen LogP contribution in [0, 0.1) is 12.8 Å². The maximum Gasteiger partial charge on any atom is 0.305 e. The molecule has 2 aromatic rings. The van der Waals surface area contributed by atoms with Gasteiger partial charge in [-0.3, -0.25) is 9.59 Å². The van der Waals surface area contributed by atoms with Crippen molar-refractivity contribution in [3.8, 4) is 0 Å². The van der Waals surface area contributed by atoms with Crippen molar-refractivity contribution in [1.29, 1.82) is 0 Å². The van der Waals surface area contributed by atoms with Gasteiger partial charge in [0.1, 0.15) is 5.76 Å². The van der Waals surface area contributed by atoms with E-state index in [4.69, 9.17) is 9.52 Å². The summed E-state index contributed by atoms with van der Waals surface area (Å²) >= 11 is 0. The minimum Gasteiger partial charge on any atom is -0.481 e. The van der Waals surface area contributed by atoms with Gasteiger partial charge in [0.2, 0.25) is 5.91 Å². The van der Waals surface area contributed by atoms with Crippen LogP contribution in [0.25, 0.3) is 0 Å². The van der Waals surface area contributed by atoms with Gasteiger partial charge in [0.05, 0.1) is 18.7 Å². The number of amides is 1. The predicted octanol–water partition coefficient (Wildman–Crippen LogP) is 3.02. The van der Waals surface area contributed by atoms with Gasteiger partial charge in [-0.1, -0.05) is 24.3 Å². The summed E-state index contributed by atoms with van der Waals surface area (Å²) in [7, 11) is 0. The Balaban J connectivity index is 1.71. The number of rotatable bonds is 6. The lowest BCUT2D eigenvalue weighted by molar-refractivity contribution is -0.137. The third-order valence-electron chi connectivity index (χ3n) is 4.29. The van der Waals surface area contributed by atoms with E-state index in [-0.39, 0.29) is 24.2 Å². The van der Waals surface area contributed by atoms with Crippen LogP contribution in [0.5, 0.6) is 0 Å². The molecule has 5 heteroatoms. The van der Waals surface area contributed by atoms with Crippen molar-refractivity contribution in [1.82, 2.24) is 5.32 Å². The number of carboxylic acids is 1. The van der Waals surface area contributed by atoms with E-state index in [1.165, 1.54) is 0 Å². The third-order valence-corrected chi connectivity index (χ3v) is 4.29. The van der Waals surface area contributed by atoms with Crippen LogP contribution in [-0.4, -0.2) is 17.0 Å². The standard InChI is InChI=1S/C18H19NO4/c1-11-5-2-3-6-12(11)15(10-17(20)21)19-18(22)14-9-13(14)16-7-4-8-23-16/h2-8,13-15H,9-10H2,1H3,(H,19,22)(H,20,21)/t13-,14+,15+/m1/s1. The Bertz CT molecular complexity index is 708. The highest BCUT2D eigenvalue weighted by atomic mass is 16.4. The molecule has 1 aliphatic rings. The summed E-state index contributed by atoms with van der Waals surface area (Å²) < 4.78 is 5.34. The van der Waals surface area contributed by atoms with E-state index in [2.05, 4.69) is 5.32 Å². The van der Waals surface area contributed by atoms with Crippen LogP contribution in [0.15, 0.2) is 47.1 Å². The minimum atomic E-state index is -0.933. The van der Waals surface area contributed by atoms with E-state index >= 15 is 0 Å². The predicted molar refractivity (Wildman–Crippen MR) is 83.9 cm³/mol. The van der Waals surface area contributed by atoms with Crippen LogP contribution in [-0.2, 0) is 9.59 Å². The van der Waals surface area contributed by atoms with E-state index in [0.29, 0.717) is 0 Å². The number of furan rings is 1. The molecule has 0 aliphatic heterocycles. The van der Waals surface area contributed by atoms with Gasteiger partial charge >= 0.3 is 5.97 Å². The summed E-state index contributed by atoms with van der Waals surface area (Å²) in [6, 6.07) is 10.7. The molecule has 0 spiro atoms. The lowest BCUT2D eigenvalue weighted by atomic mass is 9.98. The molecule has 0 radical (unpaired) electrons. The molecule has 3 atom stereocenters. The van der Waals surface area contributed by atoms with Crippen molar-refractivity contribution in [2.45, 2.75) is 31.7 Å². The van der Waals surface area contributed by atoms with Crippen LogP contribution in [0.3, 0.4) is 0 Å². The van der Waals surface area contributed by atoms with Crippen molar-refractivity contribution in [3.05, 3.63) is 59.5 Å². The zero-order valence-electron chi connectivity index (χ0n) is 12.9. The molecule has 1 aromatic carbocycles. The molecular formula is C18H19NO4. The van der Waals surface area contributed by atoms with E-state index in [1.807, 2.05) is 43.3 Å². The SMILES string of the molecule is Cc1ccccc1[C@H](CC(=O)O)NC(=O)[C@H]1C[C@H]1c1ccco1. The number of nitrogens with one attached hydrogen (secondary N) is 1. The average Bonchev–Trinajstić information content (AvgIpc) is 3.13. The molecule has 1 aliphatic carbocycles. The molecule has 1 aromatic heterocycles. The minimum absolute atomic E-state index is 0.104. The Morgan fingerprint density at radius 3 is 2.74 bits per heavy atom. The van der Waals surface area contributed by atoms with Gasteiger partial charge in [0.25, 0.3) is 0 Å². The molecule has 0 saturated heterocycles. The first-order valence-electron chi connectivity index (χ1n) is 7.67. The van der Waals surface area contributed by atoms with Crippen molar-refractivity contribution in [2.24, 2.45) is 5.92 Å². The Hall–Kier alpha value is -2.56. The fourth-order valence-electron chi connectivity index (χ4n) is 2.97. The van der Waals surface area contributed by atoms with E-state index in [1.54, 1.807) is 6.26 Å². The second kappa shape index (κ2) is 6.28. The summed E-state index contributed by atoms with van der Waals surface area (Å²) in [5, 5.41) is 12.0. The molecule has 2 N–H and O–H groups in total. The lowest BCUT2D eigenvalue weighted by Crippen LogP contribution is -2.32. The van der Waals surface area contributed by atoms with Crippen LogP contribution in [0.1, 0.15) is 41.7 Å².